The van der Waals surface area contributed by atoms with Crippen molar-refractivity contribution in [3.8, 4) is 17.0 Å². The Kier molecular flexibility index (Phi) is 9.91. The lowest BCUT2D eigenvalue weighted by molar-refractivity contribution is 0.0518. The van der Waals surface area contributed by atoms with E-state index in [-0.39, 0.29) is 18.3 Å². The molecule has 0 aliphatic carbocycles. The molecule has 8 rings (SSSR count). The number of ether oxygens (including phenoxy) is 3. The minimum Gasteiger partial charge on any atom is -0.497 e. The van der Waals surface area contributed by atoms with Crippen LogP contribution in [0.1, 0.15) is 52.5 Å². The van der Waals surface area contributed by atoms with Crippen LogP contribution in [0.15, 0.2) is 134 Å². The third kappa shape index (κ3) is 6.49. The molecule has 10 nitrogen and oxygen atoms in total. The molecular weight excluding hydrogens is 677 g/mol. The number of benzene rings is 4. The van der Waals surface area contributed by atoms with Crippen molar-refractivity contribution in [2.24, 2.45) is 0 Å². The SMILES string of the molecule is CCOC(=O)c1nn(C(c2ccccc2)(c2ccccc2)c2ccccc2)cc1-c1nn(Cc2ccc(OC)cc2)c2ccnc(NC3CCOCC3)c12. The molecule has 0 spiro atoms. The molecule has 0 atom stereocenters. The van der Waals surface area contributed by atoms with Crippen molar-refractivity contribution in [3.63, 3.8) is 0 Å². The summed E-state index contributed by atoms with van der Waals surface area (Å²) in [7, 11) is 1.66. The lowest BCUT2D eigenvalue weighted by atomic mass is 9.77. The van der Waals surface area contributed by atoms with Crippen LogP contribution in [0, 0.1) is 0 Å². The van der Waals surface area contributed by atoms with Gasteiger partial charge in [-0.3, -0.25) is 9.36 Å². The minimum absolute atomic E-state index is 0.167. The molecule has 0 amide bonds. The first-order valence-corrected chi connectivity index (χ1v) is 18.4. The summed E-state index contributed by atoms with van der Waals surface area (Å²) in [4.78, 5) is 19.0. The Balaban J connectivity index is 1.40. The van der Waals surface area contributed by atoms with Crippen LogP contribution >= 0.6 is 0 Å². The molecule has 10 heteroatoms. The fraction of sp³-hybridized carbons (Fsp3) is 0.227. The maximum absolute atomic E-state index is 14.1. The molecule has 54 heavy (non-hydrogen) atoms. The van der Waals surface area contributed by atoms with Gasteiger partial charge in [0.15, 0.2) is 5.69 Å². The van der Waals surface area contributed by atoms with E-state index in [2.05, 4.69) is 41.7 Å². The minimum atomic E-state index is -0.966. The lowest BCUT2D eigenvalue weighted by Gasteiger charge is -2.36. The van der Waals surface area contributed by atoms with Gasteiger partial charge in [-0.25, -0.2) is 9.78 Å². The zero-order chi connectivity index (χ0) is 36.9. The van der Waals surface area contributed by atoms with Crippen molar-refractivity contribution in [1.82, 2.24) is 24.5 Å². The zero-order valence-electron chi connectivity index (χ0n) is 30.4. The van der Waals surface area contributed by atoms with E-state index in [0.29, 0.717) is 36.8 Å². The number of nitrogens with zero attached hydrogens (tertiary/aromatic N) is 5. The van der Waals surface area contributed by atoms with E-state index in [1.165, 1.54) is 0 Å². The van der Waals surface area contributed by atoms with Crippen molar-refractivity contribution >= 4 is 22.7 Å². The van der Waals surface area contributed by atoms with E-state index in [9.17, 15) is 4.79 Å². The molecule has 7 aromatic rings. The van der Waals surface area contributed by atoms with E-state index >= 15 is 0 Å². The van der Waals surface area contributed by atoms with Gasteiger partial charge in [-0.2, -0.15) is 10.2 Å². The predicted octanol–water partition coefficient (Wildman–Crippen LogP) is 7.96. The standard InChI is InChI=1S/C44H42N6O4/c1-3-54-43(51)41-37(30-50(48-41)44(32-13-7-4-8-14-32,33-15-9-5-10-16-33)34-17-11-6-12-18-34)40-39-38(23-26-45-42(39)46-35-24-27-53-28-25-35)49(47-40)29-31-19-21-36(52-2)22-20-31/h4-23,26,30,35H,3,24-25,27-29H2,1-2H3,(H,45,46). The number of methoxy groups -OCH3 is 1. The summed E-state index contributed by atoms with van der Waals surface area (Å²) in [6.07, 6.45) is 5.46. The predicted molar refractivity (Wildman–Crippen MR) is 209 cm³/mol. The van der Waals surface area contributed by atoms with Crippen molar-refractivity contribution in [2.75, 3.05) is 32.2 Å². The van der Waals surface area contributed by atoms with Gasteiger partial charge < -0.3 is 19.5 Å². The molecule has 1 aliphatic heterocycles. The van der Waals surface area contributed by atoms with Gasteiger partial charge in [0.1, 0.15) is 22.8 Å². The van der Waals surface area contributed by atoms with Gasteiger partial charge in [-0.15, -0.1) is 0 Å². The smallest absolute Gasteiger partial charge is 0.359 e. The van der Waals surface area contributed by atoms with Crippen LogP contribution in [0.5, 0.6) is 5.75 Å². The highest BCUT2D eigenvalue weighted by Crippen LogP contribution is 2.43. The molecule has 1 saturated heterocycles. The van der Waals surface area contributed by atoms with Crippen LogP contribution in [0.4, 0.5) is 5.82 Å². The van der Waals surface area contributed by atoms with Gasteiger partial charge in [0.2, 0.25) is 0 Å². The van der Waals surface area contributed by atoms with Crippen LogP contribution in [0.25, 0.3) is 22.2 Å². The van der Waals surface area contributed by atoms with E-state index in [1.807, 2.05) is 100 Å². The van der Waals surface area contributed by atoms with Gasteiger partial charge in [0, 0.05) is 31.6 Å². The molecule has 4 heterocycles. The molecule has 4 aromatic carbocycles. The van der Waals surface area contributed by atoms with Gasteiger partial charge in [-0.05, 0) is 60.2 Å². The highest BCUT2D eigenvalue weighted by atomic mass is 16.5. The molecule has 3 aromatic heterocycles. The second kappa shape index (κ2) is 15.4. The molecular formula is C44H42N6O4. The molecule has 0 bridgehead atoms. The molecule has 1 aliphatic rings. The summed E-state index contributed by atoms with van der Waals surface area (Å²) in [5.74, 6) is 0.940. The number of fused-ring (bicyclic) bond motifs is 1. The number of nitrogens with one attached hydrogen (secondary N) is 1. The maximum Gasteiger partial charge on any atom is 0.359 e. The molecule has 0 saturated carbocycles. The first-order valence-electron chi connectivity index (χ1n) is 18.4. The Labute approximate surface area is 314 Å². The monoisotopic (exact) mass is 718 g/mol. The van der Waals surface area contributed by atoms with Crippen LogP contribution in [-0.4, -0.2) is 63.5 Å². The van der Waals surface area contributed by atoms with Crippen LogP contribution in [0.3, 0.4) is 0 Å². The van der Waals surface area contributed by atoms with Crippen LogP contribution < -0.4 is 10.1 Å². The first-order chi connectivity index (χ1) is 26.6. The number of carbonyl (C=O) groups is 1. The number of anilines is 1. The van der Waals surface area contributed by atoms with Crippen molar-refractivity contribution < 1.29 is 19.0 Å². The number of aromatic nitrogens is 5. The van der Waals surface area contributed by atoms with Gasteiger partial charge in [-0.1, -0.05) is 103 Å². The third-order valence-corrected chi connectivity index (χ3v) is 10.1. The van der Waals surface area contributed by atoms with Crippen LogP contribution in [0.2, 0.25) is 0 Å². The molecule has 0 radical (unpaired) electrons. The summed E-state index contributed by atoms with van der Waals surface area (Å²) in [6.45, 7) is 3.83. The van der Waals surface area contributed by atoms with Crippen molar-refractivity contribution in [2.45, 2.75) is 37.9 Å². The number of esters is 1. The fourth-order valence-electron chi connectivity index (χ4n) is 7.49. The number of hydrogen-bond acceptors (Lipinski definition) is 8. The quantitative estimate of drug-likeness (QED) is 0.100. The molecule has 1 fully saturated rings. The average Bonchev–Trinajstić information content (AvgIpc) is 3.83. The number of rotatable bonds is 12. The fourth-order valence-corrected chi connectivity index (χ4v) is 7.49. The normalized spacial score (nSPS) is 13.5. The van der Waals surface area contributed by atoms with E-state index in [0.717, 1.165) is 51.7 Å². The molecule has 272 valence electrons. The molecule has 1 N–H and O–H groups in total. The Hall–Kier alpha value is -6.26. The topological polar surface area (TPSA) is 105 Å². The first kappa shape index (κ1) is 34.8. The summed E-state index contributed by atoms with van der Waals surface area (Å²) in [6, 6.07) is 40.9. The summed E-state index contributed by atoms with van der Waals surface area (Å²) in [5.41, 5.74) is 5.17. The summed E-state index contributed by atoms with van der Waals surface area (Å²) >= 11 is 0. The Morgan fingerprint density at radius 2 is 1.44 bits per heavy atom. The van der Waals surface area contributed by atoms with Crippen molar-refractivity contribution in [1.29, 1.82) is 0 Å². The van der Waals surface area contributed by atoms with Gasteiger partial charge >= 0.3 is 5.97 Å². The average molecular weight is 719 g/mol. The van der Waals surface area contributed by atoms with E-state index < -0.39 is 11.5 Å². The highest BCUT2D eigenvalue weighted by molar-refractivity contribution is 6.05. The number of pyridine rings is 1. The largest absolute Gasteiger partial charge is 0.497 e. The Morgan fingerprint density at radius 1 is 0.833 bits per heavy atom. The third-order valence-electron chi connectivity index (χ3n) is 10.1. The maximum atomic E-state index is 14.1. The second-order valence-electron chi connectivity index (χ2n) is 13.3. The number of carbonyl (C=O) groups excluding carboxylic acids is 1. The second-order valence-corrected chi connectivity index (χ2v) is 13.3. The van der Waals surface area contributed by atoms with Crippen LogP contribution in [-0.2, 0) is 21.6 Å². The zero-order valence-corrected chi connectivity index (χ0v) is 30.4. The lowest BCUT2D eigenvalue weighted by Crippen LogP contribution is -2.38. The van der Waals surface area contributed by atoms with Crippen molar-refractivity contribution in [3.05, 3.63) is 162 Å². The van der Waals surface area contributed by atoms with Gasteiger partial charge in [0.25, 0.3) is 0 Å². The number of hydrogen-bond donors (Lipinski definition) is 1. The Bertz CT molecular complexity index is 2240. The molecule has 0 unspecified atom stereocenters. The summed E-state index contributed by atoms with van der Waals surface area (Å²) in [5, 5.41) is 15.0. The van der Waals surface area contributed by atoms with E-state index in [4.69, 9.17) is 29.4 Å². The summed E-state index contributed by atoms with van der Waals surface area (Å²) < 4.78 is 20.7. The van der Waals surface area contributed by atoms with Gasteiger partial charge in [0.05, 0.1) is 36.7 Å². The highest BCUT2D eigenvalue weighted by Gasteiger charge is 2.41. The Morgan fingerprint density at radius 3 is 2.02 bits per heavy atom. The van der Waals surface area contributed by atoms with E-state index in [1.54, 1.807) is 20.2 Å².